The molecule has 166 valence electrons. The van der Waals surface area contributed by atoms with Crippen LogP contribution in [0.25, 0.3) is 6.08 Å². The Morgan fingerprint density at radius 1 is 1.26 bits per heavy atom. The van der Waals surface area contributed by atoms with Gasteiger partial charge in [-0.3, -0.25) is 14.4 Å². The number of nitrogens with two attached hydrogens (primary N) is 1. The van der Waals surface area contributed by atoms with Gasteiger partial charge >= 0.3 is 0 Å². The molecular weight excluding hydrogens is 443 g/mol. The lowest BCUT2D eigenvalue weighted by atomic mass is 10.1. The summed E-state index contributed by atoms with van der Waals surface area (Å²) in [7, 11) is -3.98. The highest BCUT2D eigenvalue weighted by Gasteiger charge is 2.26. The van der Waals surface area contributed by atoms with Gasteiger partial charge in [-0.15, -0.1) is 0 Å². The predicted octanol–water partition coefficient (Wildman–Crippen LogP) is 2.84. The molecule has 0 radical (unpaired) electrons. The molecule has 10 heteroatoms. The summed E-state index contributed by atoms with van der Waals surface area (Å²) in [5.41, 5.74) is 1.68. The van der Waals surface area contributed by atoms with E-state index in [1.807, 2.05) is 6.92 Å². The molecule has 2 aromatic rings. The zero-order valence-electron chi connectivity index (χ0n) is 17.0. The molecule has 1 heterocycles. The predicted molar refractivity (Wildman–Crippen MR) is 120 cm³/mol. The van der Waals surface area contributed by atoms with E-state index in [9.17, 15) is 17.6 Å². The van der Waals surface area contributed by atoms with Crippen molar-refractivity contribution in [3.63, 3.8) is 0 Å². The lowest BCUT2D eigenvalue weighted by Crippen LogP contribution is -2.53. The Balaban J connectivity index is 1.64. The van der Waals surface area contributed by atoms with E-state index in [-0.39, 0.29) is 23.5 Å². The Hall–Kier alpha value is -2.46. The summed E-state index contributed by atoms with van der Waals surface area (Å²) in [6.45, 7) is 4.60. The number of rotatable bonds is 6. The largest absolute Gasteiger partial charge is 0.334 e. The highest BCUT2D eigenvalue weighted by atomic mass is 35.5. The third-order valence-corrected chi connectivity index (χ3v) is 5.73. The average molecular weight is 467 g/mol. The average Bonchev–Trinajstić information content (AvgIpc) is 2.68. The van der Waals surface area contributed by atoms with Crippen molar-refractivity contribution >= 4 is 39.5 Å². The molecule has 3 N–H and O–H groups in total. The van der Waals surface area contributed by atoms with Gasteiger partial charge in [-0.1, -0.05) is 29.8 Å². The van der Waals surface area contributed by atoms with E-state index in [0.29, 0.717) is 36.8 Å². The number of halogens is 2. The molecule has 1 atom stereocenters. The number of nitrogens with zero attached hydrogens (tertiary/aromatic N) is 2. The van der Waals surface area contributed by atoms with E-state index >= 15 is 0 Å². The highest BCUT2D eigenvalue weighted by Crippen LogP contribution is 2.23. The second-order valence-electron chi connectivity index (χ2n) is 7.45. The molecule has 1 fully saturated rings. The molecule has 31 heavy (non-hydrogen) atoms. The SMILES string of the molecule is CC1CN(Cc2ccc(F)cc2)CCN1C(=O)/C=C/c1ccc(Cl)cc1NS(N)(=O)=O. The fourth-order valence-electron chi connectivity index (χ4n) is 3.52. The first-order valence-electron chi connectivity index (χ1n) is 9.66. The Labute approximate surface area is 186 Å². The molecule has 0 spiro atoms. The first-order valence-corrected chi connectivity index (χ1v) is 11.6. The van der Waals surface area contributed by atoms with Crippen LogP contribution in [0.4, 0.5) is 10.1 Å². The molecule has 0 saturated carbocycles. The minimum atomic E-state index is -3.98. The van der Waals surface area contributed by atoms with Gasteiger partial charge < -0.3 is 4.90 Å². The maximum Gasteiger partial charge on any atom is 0.296 e. The Morgan fingerprint density at radius 3 is 2.61 bits per heavy atom. The molecule has 1 aliphatic rings. The van der Waals surface area contributed by atoms with Crippen LogP contribution in [0.15, 0.2) is 48.5 Å². The van der Waals surface area contributed by atoms with Gasteiger partial charge in [0.05, 0.1) is 5.69 Å². The van der Waals surface area contributed by atoms with E-state index in [2.05, 4.69) is 9.62 Å². The minimum Gasteiger partial charge on any atom is -0.334 e. The molecule has 0 aromatic heterocycles. The molecule has 2 aromatic carbocycles. The topological polar surface area (TPSA) is 95.7 Å². The van der Waals surface area contributed by atoms with Gasteiger partial charge in [-0.05, 0) is 48.4 Å². The summed E-state index contributed by atoms with van der Waals surface area (Å²) in [4.78, 5) is 16.7. The van der Waals surface area contributed by atoms with E-state index < -0.39 is 10.2 Å². The van der Waals surface area contributed by atoms with Gasteiger partial charge in [0.2, 0.25) is 5.91 Å². The summed E-state index contributed by atoms with van der Waals surface area (Å²) in [6, 6.07) is 11.0. The van der Waals surface area contributed by atoms with Gasteiger partial charge in [0.1, 0.15) is 5.82 Å². The number of anilines is 1. The summed E-state index contributed by atoms with van der Waals surface area (Å²) >= 11 is 5.93. The second-order valence-corrected chi connectivity index (χ2v) is 9.18. The fourth-order valence-corrected chi connectivity index (χ4v) is 4.18. The van der Waals surface area contributed by atoms with Crippen molar-refractivity contribution in [2.24, 2.45) is 5.14 Å². The number of nitrogens with one attached hydrogen (secondary N) is 1. The quantitative estimate of drug-likeness (QED) is 0.640. The minimum absolute atomic E-state index is 0.0152. The molecule has 3 rings (SSSR count). The molecule has 7 nitrogen and oxygen atoms in total. The van der Waals surface area contributed by atoms with Crippen LogP contribution in [0, 0.1) is 5.82 Å². The molecule has 0 bridgehead atoms. The van der Waals surface area contributed by atoms with Crippen LogP contribution in [0.3, 0.4) is 0 Å². The van der Waals surface area contributed by atoms with Gasteiger partial charge in [0, 0.05) is 43.3 Å². The monoisotopic (exact) mass is 466 g/mol. The zero-order chi connectivity index (χ0) is 22.6. The van der Waals surface area contributed by atoms with Crippen LogP contribution >= 0.6 is 11.6 Å². The van der Waals surface area contributed by atoms with Crippen molar-refractivity contribution < 1.29 is 17.6 Å². The fraction of sp³-hybridized carbons (Fsp3) is 0.286. The Kier molecular flexibility index (Phi) is 7.32. The van der Waals surface area contributed by atoms with Crippen molar-refractivity contribution in [2.75, 3.05) is 24.4 Å². The van der Waals surface area contributed by atoms with Gasteiger partial charge in [-0.2, -0.15) is 8.42 Å². The van der Waals surface area contributed by atoms with Crippen LogP contribution in [-0.4, -0.2) is 49.8 Å². The highest BCUT2D eigenvalue weighted by molar-refractivity contribution is 7.90. The number of hydrogen-bond donors (Lipinski definition) is 2. The molecule has 1 amide bonds. The van der Waals surface area contributed by atoms with Crippen LogP contribution in [0.2, 0.25) is 5.02 Å². The number of carbonyl (C=O) groups is 1. The van der Waals surface area contributed by atoms with E-state index in [1.54, 1.807) is 29.2 Å². The maximum absolute atomic E-state index is 13.1. The summed E-state index contributed by atoms with van der Waals surface area (Å²) < 4.78 is 38.0. The molecule has 1 saturated heterocycles. The number of benzene rings is 2. The van der Waals surface area contributed by atoms with Crippen molar-refractivity contribution in [3.05, 3.63) is 70.5 Å². The summed E-state index contributed by atoms with van der Waals surface area (Å²) in [6.07, 6.45) is 2.94. The third kappa shape index (κ3) is 6.76. The van der Waals surface area contributed by atoms with Crippen LogP contribution < -0.4 is 9.86 Å². The number of carbonyl (C=O) groups excluding carboxylic acids is 1. The molecule has 0 aliphatic carbocycles. The smallest absolute Gasteiger partial charge is 0.296 e. The standard InChI is InChI=1S/C21H24ClFN4O3S/c1-15-13-26(14-16-2-7-19(23)8-3-16)10-11-27(15)21(28)9-5-17-4-6-18(22)12-20(17)25-31(24,29)30/h2-9,12,15,25H,10-11,13-14H2,1H3,(H2,24,29,30)/b9-5+. The number of amides is 1. The van der Waals surface area contributed by atoms with E-state index in [0.717, 1.165) is 5.56 Å². The maximum atomic E-state index is 13.1. The number of piperazine rings is 1. The Bertz CT molecular complexity index is 1080. The first kappa shape index (κ1) is 23.2. The van der Waals surface area contributed by atoms with Crippen molar-refractivity contribution in [1.82, 2.24) is 9.80 Å². The van der Waals surface area contributed by atoms with Crippen molar-refractivity contribution in [1.29, 1.82) is 0 Å². The van der Waals surface area contributed by atoms with Crippen LogP contribution in [0.5, 0.6) is 0 Å². The van der Waals surface area contributed by atoms with Crippen LogP contribution in [0.1, 0.15) is 18.1 Å². The van der Waals surface area contributed by atoms with Crippen molar-refractivity contribution in [2.45, 2.75) is 19.5 Å². The lowest BCUT2D eigenvalue weighted by Gasteiger charge is -2.39. The van der Waals surface area contributed by atoms with E-state index in [1.165, 1.54) is 30.4 Å². The van der Waals surface area contributed by atoms with Gasteiger partial charge in [0.25, 0.3) is 10.2 Å². The normalized spacial score (nSPS) is 17.8. The Morgan fingerprint density at radius 2 is 1.97 bits per heavy atom. The van der Waals surface area contributed by atoms with Crippen molar-refractivity contribution in [3.8, 4) is 0 Å². The van der Waals surface area contributed by atoms with E-state index in [4.69, 9.17) is 16.7 Å². The molecule has 1 unspecified atom stereocenters. The lowest BCUT2D eigenvalue weighted by molar-refractivity contribution is -0.130. The molecule has 1 aliphatic heterocycles. The van der Waals surface area contributed by atoms with Gasteiger partial charge in [0.15, 0.2) is 0 Å². The summed E-state index contributed by atoms with van der Waals surface area (Å²) in [5.74, 6) is -0.437. The summed E-state index contributed by atoms with van der Waals surface area (Å²) in [5, 5.41) is 5.38. The number of hydrogen-bond acceptors (Lipinski definition) is 4. The first-order chi connectivity index (χ1) is 14.6. The van der Waals surface area contributed by atoms with Gasteiger partial charge in [-0.25, -0.2) is 9.53 Å². The zero-order valence-corrected chi connectivity index (χ0v) is 18.5. The molecular formula is C21H24ClFN4O3S. The van der Waals surface area contributed by atoms with Crippen LogP contribution in [-0.2, 0) is 21.5 Å². The second kappa shape index (κ2) is 9.78. The third-order valence-electron chi connectivity index (χ3n) is 4.99.